The Morgan fingerprint density at radius 3 is 2.89 bits per heavy atom. The number of methoxy groups -OCH3 is 1. The first-order valence-corrected chi connectivity index (χ1v) is 6.23. The van der Waals surface area contributed by atoms with Crippen LogP contribution >= 0.6 is 0 Å². The first-order chi connectivity index (χ1) is 9.11. The van der Waals surface area contributed by atoms with Gasteiger partial charge in [-0.3, -0.25) is 0 Å². The first kappa shape index (κ1) is 11.8. The van der Waals surface area contributed by atoms with E-state index in [4.69, 9.17) is 9.84 Å². The molecule has 0 aliphatic carbocycles. The molecule has 0 spiro atoms. The number of hydrogen-bond acceptors (Lipinski definition) is 2. The lowest BCUT2D eigenvalue weighted by Gasteiger charge is -2.10. The van der Waals surface area contributed by atoms with E-state index in [1.807, 2.05) is 19.1 Å². The number of nitrogens with zero attached hydrogens (tertiary/aromatic N) is 1. The van der Waals surface area contributed by atoms with Gasteiger partial charge in [-0.25, -0.2) is 4.79 Å². The van der Waals surface area contributed by atoms with Crippen LogP contribution in [0.4, 0.5) is 0 Å². The lowest BCUT2D eigenvalue weighted by molar-refractivity contribution is -0.131. The fourth-order valence-corrected chi connectivity index (χ4v) is 2.88. The summed E-state index contributed by atoms with van der Waals surface area (Å²) in [5, 5.41) is 10.1. The third-order valence-corrected chi connectivity index (χ3v) is 3.68. The van der Waals surface area contributed by atoms with Crippen molar-refractivity contribution in [3.8, 4) is 5.75 Å². The lowest BCUT2D eigenvalue weighted by Crippen LogP contribution is -1.98. The second kappa shape index (κ2) is 4.16. The van der Waals surface area contributed by atoms with E-state index in [1.165, 1.54) is 11.8 Å². The maximum Gasteiger partial charge on any atom is 0.330 e. The van der Waals surface area contributed by atoms with E-state index in [0.29, 0.717) is 0 Å². The average Bonchev–Trinajstić information content (AvgIpc) is 2.89. The summed E-state index contributed by atoms with van der Waals surface area (Å²) in [6.07, 6.45) is 2.96. The minimum Gasteiger partial charge on any atom is -0.496 e. The molecule has 0 radical (unpaired) electrons. The molecule has 2 heterocycles. The molecule has 1 aromatic carbocycles. The summed E-state index contributed by atoms with van der Waals surface area (Å²) < 4.78 is 7.41. The summed E-state index contributed by atoms with van der Waals surface area (Å²) in [5.74, 6) is -0.0692. The number of benzene rings is 1. The minimum absolute atomic E-state index is 0.772. The summed E-state index contributed by atoms with van der Waals surface area (Å²) >= 11 is 0. The number of fused-ring (bicyclic) bond motifs is 3. The van der Waals surface area contributed by atoms with Crippen LogP contribution in [0.1, 0.15) is 17.7 Å². The standard InChI is InChI=1S/C15H15NO3/c1-9-13(19-2)6-3-10-7-11-4-5-12(8-14(17)18)16(11)15(9)10/h3,6-8H,4-5H2,1-2H3,(H,17,18). The highest BCUT2D eigenvalue weighted by atomic mass is 16.5. The van der Waals surface area contributed by atoms with Gasteiger partial charge in [0.15, 0.2) is 0 Å². The highest BCUT2D eigenvalue weighted by Gasteiger charge is 2.21. The topological polar surface area (TPSA) is 51.5 Å². The Hall–Kier alpha value is -2.23. The molecule has 1 N–H and O–H groups in total. The van der Waals surface area contributed by atoms with Crippen molar-refractivity contribution in [2.24, 2.45) is 0 Å². The van der Waals surface area contributed by atoms with Crippen molar-refractivity contribution in [1.29, 1.82) is 0 Å². The van der Waals surface area contributed by atoms with Crippen LogP contribution in [-0.2, 0) is 11.2 Å². The molecule has 0 unspecified atom stereocenters. The molecule has 2 aromatic rings. The number of rotatable bonds is 2. The van der Waals surface area contributed by atoms with Crippen LogP contribution in [0.15, 0.2) is 24.3 Å². The molecule has 0 atom stereocenters. The van der Waals surface area contributed by atoms with Crippen molar-refractivity contribution in [3.63, 3.8) is 0 Å². The van der Waals surface area contributed by atoms with Gasteiger partial charge in [0.05, 0.1) is 12.6 Å². The molecule has 1 aromatic heterocycles. The molecule has 3 rings (SSSR count). The van der Waals surface area contributed by atoms with Gasteiger partial charge < -0.3 is 14.4 Å². The number of carbonyl (C=O) groups is 1. The zero-order valence-corrected chi connectivity index (χ0v) is 10.9. The van der Waals surface area contributed by atoms with Gasteiger partial charge in [0.2, 0.25) is 0 Å². The van der Waals surface area contributed by atoms with E-state index in [0.717, 1.165) is 40.8 Å². The number of aryl methyl sites for hydroxylation is 2. The summed E-state index contributed by atoms with van der Waals surface area (Å²) in [7, 11) is 1.65. The third-order valence-electron chi connectivity index (χ3n) is 3.68. The van der Waals surface area contributed by atoms with Gasteiger partial charge in [-0.1, -0.05) is 0 Å². The maximum absolute atomic E-state index is 10.9. The number of hydrogen-bond donors (Lipinski definition) is 1. The Labute approximate surface area is 110 Å². The Morgan fingerprint density at radius 1 is 1.42 bits per heavy atom. The van der Waals surface area contributed by atoms with Gasteiger partial charge in [0, 0.05) is 28.4 Å². The van der Waals surface area contributed by atoms with Crippen LogP contribution < -0.4 is 4.74 Å². The van der Waals surface area contributed by atoms with Crippen molar-refractivity contribution in [2.75, 3.05) is 7.11 Å². The number of allylic oxidation sites excluding steroid dienone is 1. The smallest absolute Gasteiger partial charge is 0.330 e. The average molecular weight is 257 g/mol. The summed E-state index contributed by atoms with van der Waals surface area (Å²) in [5.41, 5.74) is 4.11. The van der Waals surface area contributed by atoms with Crippen LogP contribution in [0.5, 0.6) is 5.75 Å². The van der Waals surface area contributed by atoms with Gasteiger partial charge in [0.25, 0.3) is 0 Å². The molecule has 1 aliphatic heterocycles. The van der Waals surface area contributed by atoms with E-state index >= 15 is 0 Å². The Morgan fingerprint density at radius 2 is 2.21 bits per heavy atom. The Kier molecular flexibility index (Phi) is 2.59. The van der Waals surface area contributed by atoms with E-state index in [-0.39, 0.29) is 0 Å². The van der Waals surface area contributed by atoms with Gasteiger partial charge in [-0.15, -0.1) is 0 Å². The van der Waals surface area contributed by atoms with Gasteiger partial charge >= 0.3 is 5.97 Å². The molecule has 4 heteroatoms. The van der Waals surface area contributed by atoms with E-state index in [1.54, 1.807) is 7.11 Å². The molecule has 0 fully saturated rings. The first-order valence-electron chi connectivity index (χ1n) is 6.23. The number of carboxylic acids is 1. The molecule has 0 saturated carbocycles. The van der Waals surface area contributed by atoms with Crippen LogP contribution in [-0.4, -0.2) is 22.8 Å². The SMILES string of the molecule is COc1ccc2cc3n(c2c1C)C(=CC(=O)O)CC3. The van der Waals surface area contributed by atoms with Crippen molar-refractivity contribution in [1.82, 2.24) is 4.57 Å². The molecular weight excluding hydrogens is 242 g/mol. The van der Waals surface area contributed by atoms with E-state index < -0.39 is 5.97 Å². The molecule has 98 valence electrons. The normalized spacial score (nSPS) is 16.0. The highest BCUT2D eigenvalue weighted by molar-refractivity contribution is 5.94. The predicted molar refractivity (Wildman–Crippen MR) is 73.5 cm³/mol. The molecule has 1 aliphatic rings. The minimum atomic E-state index is -0.898. The highest BCUT2D eigenvalue weighted by Crippen LogP contribution is 2.36. The van der Waals surface area contributed by atoms with Crippen LogP contribution in [0.2, 0.25) is 0 Å². The number of ether oxygens (including phenoxy) is 1. The molecule has 0 bridgehead atoms. The molecular formula is C15H15NO3. The fourth-order valence-electron chi connectivity index (χ4n) is 2.88. The molecule has 0 saturated heterocycles. The Balaban J connectivity index is 2.32. The van der Waals surface area contributed by atoms with E-state index in [2.05, 4.69) is 10.6 Å². The molecule has 0 amide bonds. The van der Waals surface area contributed by atoms with Gasteiger partial charge in [0.1, 0.15) is 5.75 Å². The second-order valence-corrected chi connectivity index (χ2v) is 4.78. The van der Waals surface area contributed by atoms with Crippen molar-refractivity contribution >= 4 is 22.6 Å². The summed E-state index contributed by atoms with van der Waals surface area (Å²) in [6, 6.07) is 6.10. The third kappa shape index (κ3) is 1.71. The second-order valence-electron chi connectivity index (χ2n) is 4.78. The fraction of sp³-hybridized carbons (Fsp3) is 0.267. The quantitative estimate of drug-likeness (QED) is 0.842. The zero-order chi connectivity index (χ0) is 13.6. The van der Waals surface area contributed by atoms with Crippen LogP contribution in [0.3, 0.4) is 0 Å². The van der Waals surface area contributed by atoms with Gasteiger partial charge in [-0.05, 0) is 38.0 Å². The predicted octanol–water partition coefficient (Wildman–Crippen LogP) is 2.83. The summed E-state index contributed by atoms with van der Waals surface area (Å²) in [4.78, 5) is 10.9. The largest absolute Gasteiger partial charge is 0.496 e. The maximum atomic E-state index is 10.9. The summed E-state index contributed by atoms with van der Waals surface area (Å²) in [6.45, 7) is 2.01. The van der Waals surface area contributed by atoms with E-state index in [9.17, 15) is 4.79 Å². The van der Waals surface area contributed by atoms with Crippen LogP contribution in [0, 0.1) is 6.92 Å². The van der Waals surface area contributed by atoms with Crippen molar-refractivity contribution in [3.05, 3.63) is 35.5 Å². The van der Waals surface area contributed by atoms with Crippen molar-refractivity contribution < 1.29 is 14.6 Å². The number of aromatic nitrogens is 1. The number of carboxylic acid groups (broad SMARTS) is 1. The van der Waals surface area contributed by atoms with Crippen molar-refractivity contribution in [2.45, 2.75) is 19.8 Å². The van der Waals surface area contributed by atoms with Gasteiger partial charge in [-0.2, -0.15) is 0 Å². The lowest BCUT2D eigenvalue weighted by atomic mass is 10.1. The monoisotopic (exact) mass is 257 g/mol. The number of aliphatic carboxylic acids is 1. The Bertz CT molecular complexity index is 710. The molecule has 19 heavy (non-hydrogen) atoms. The zero-order valence-electron chi connectivity index (χ0n) is 10.9. The van der Waals surface area contributed by atoms with Crippen LogP contribution in [0.25, 0.3) is 16.6 Å². The molecule has 4 nitrogen and oxygen atoms in total.